The van der Waals surface area contributed by atoms with Crippen molar-refractivity contribution in [3.63, 3.8) is 0 Å². The molecule has 1 N–H and O–H groups in total. The molecule has 0 fully saturated rings. The quantitative estimate of drug-likeness (QED) is 0.844. The maximum atomic E-state index is 8.74. The van der Waals surface area contributed by atoms with Gasteiger partial charge in [0.1, 0.15) is 11.5 Å². The Kier molecular flexibility index (Phi) is 2.99. The normalized spacial score (nSPS) is 10.0. The number of aliphatic hydroxyl groups excluding tert-OH is 1. The molecule has 2 rings (SSSR count). The largest absolute Gasteiger partial charge is 0.396 e. The molecule has 0 spiro atoms. The molecule has 4 nitrogen and oxygen atoms in total. The van der Waals surface area contributed by atoms with Gasteiger partial charge < -0.3 is 9.63 Å². The average Bonchev–Trinajstić information content (AvgIpc) is 2.78. The Morgan fingerprint density at radius 3 is 2.69 bits per heavy atom. The Balaban J connectivity index is 2.25. The van der Waals surface area contributed by atoms with Gasteiger partial charge in [0.2, 0.25) is 0 Å². The highest BCUT2D eigenvalue weighted by Gasteiger charge is 2.05. The molecular formula is C12H10N2O2. The number of aliphatic hydroxyl groups is 1. The van der Waals surface area contributed by atoms with Crippen molar-refractivity contribution in [1.82, 2.24) is 5.16 Å². The highest BCUT2D eigenvalue weighted by atomic mass is 16.5. The van der Waals surface area contributed by atoms with Gasteiger partial charge in [0.15, 0.2) is 0 Å². The van der Waals surface area contributed by atoms with Gasteiger partial charge in [-0.2, -0.15) is 5.26 Å². The fourth-order valence-electron chi connectivity index (χ4n) is 1.39. The second kappa shape index (κ2) is 4.60. The molecule has 0 amide bonds. The lowest BCUT2D eigenvalue weighted by Gasteiger charge is -1.93. The van der Waals surface area contributed by atoms with Crippen LogP contribution in [0.3, 0.4) is 0 Å². The third-order valence-corrected chi connectivity index (χ3v) is 2.23. The van der Waals surface area contributed by atoms with Gasteiger partial charge in [-0.3, -0.25) is 0 Å². The summed E-state index contributed by atoms with van der Waals surface area (Å²) in [6.45, 7) is 0.0437. The van der Waals surface area contributed by atoms with Crippen molar-refractivity contribution in [2.45, 2.75) is 6.42 Å². The maximum Gasteiger partial charge on any atom is 0.139 e. The van der Waals surface area contributed by atoms with Crippen LogP contribution in [0.2, 0.25) is 0 Å². The fraction of sp³-hybridized carbons (Fsp3) is 0.167. The average molecular weight is 214 g/mol. The van der Waals surface area contributed by atoms with Gasteiger partial charge in [-0.15, -0.1) is 0 Å². The summed E-state index contributed by atoms with van der Waals surface area (Å²) in [4.78, 5) is 0. The van der Waals surface area contributed by atoms with E-state index >= 15 is 0 Å². The van der Waals surface area contributed by atoms with E-state index in [1.165, 1.54) is 0 Å². The van der Waals surface area contributed by atoms with Crippen LogP contribution in [0.15, 0.2) is 34.9 Å². The number of aromatic nitrogens is 1. The van der Waals surface area contributed by atoms with Crippen LogP contribution in [0.1, 0.15) is 11.3 Å². The molecule has 0 saturated heterocycles. The minimum Gasteiger partial charge on any atom is -0.396 e. The third kappa shape index (κ3) is 2.10. The van der Waals surface area contributed by atoms with E-state index < -0.39 is 0 Å². The number of hydrogen-bond acceptors (Lipinski definition) is 4. The molecule has 1 heterocycles. The first-order valence-corrected chi connectivity index (χ1v) is 4.90. The van der Waals surface area contributed by atoms with Crippen molar-refractivity contribution in [3.8, 4) is 17.3 Å². The Labute approximate surface area is 92.7 Å². The summed E-state index contributed by atoms with van der Waals surface area (Å²) in [5.74, 6) is 0.654. The van der Waals surface area contributed by atoms with E-state index in [1.54, 1.807) is 18.2 Å². The Hall–Kier alpha value is -2.12. The minimum atomic E-state index is 0.0437. The first kappa shape index (κ1) is 10.4. The van der Waals surface area contributed by atoms with Gasteiger partial charge in [-0.25, -0.2) is 0 Å². The van der Waals surface area contributed by atoms with Gasteiger partial charge in [0, 0.05) is 18.1 Å². The first-order chi connectivity index (χ1) is 7.83. The van der Waals surface area contributed by atoms with E-state index in [-0.39, 0.29) is 6.61 Å². The molecule has 0 radical (unpaired) electrons. The van der Waals surface area contributed by atoms with Gasteiger partial charge in [0.25, 0.3) is 0 Å². The summed E-state index contributed by atoms with van der Waals surface area (Å²) < 4.78 is 5.04. The summed E-state index contributed by atoms with van der Waals surface area (Å²) in [5.41, 5.74) is 2.22. The van der Waals surface area contributed by atoms with Crippen molar-refractivity contribution >= 4 is 0 Å². The molecular weight excluding hydrogens is 204 g/mol. The van der Waals surface area contributed by atoms with Crippen LogP contribution in [-0.4, -0.2) is 16.9 Å². The molecule has 0 saturated carbocycles. The van der Waals surface area contributed by atoms with E-state index in [9.17, 15) is 0 Å². The number of nitriles is 1. The van der Waals surface area contributed by atoms with Crippen LogP contribution in [0.4, 0.5) is 0 Å². The summed E-state index contributed by atoms with van der Waals surface area (Å²) in [5, 5.41) is 21.3. The van der Waals surface area contributed by atoms with Crippen LogP contribution in [0.25, 0.3) is 11.3 Å². The first-order valence-electron chi connectivity index (χ1n) is 4.90. The van der Waals surface area contributed by atoms with Crippen LogP contribution in [0.5, 0.6) is 0 Å². The smallest absolute Gasteiger partial charge is 0.139 e. The summed E-state index contributed by atoms with van der Waals surface area (Å²) in [6.07, 6.45) is 0.462. The molecule has 0 aliphatic carbocycles. The zero-order chi connectivity index (χ0) is 11.4. The van der Waals surface area contributed by atoms with Gasteiger partial charge in [0.05, 0.1) is 18.2 Å². The molecule has 16 heavy (non-hydrogen) atoms. The summed E-state index contributed by atoms with van der Waals surface area (Å²) in [7, 11) is 0. The van der Waals surface area contributed by atoms with Crippen molar-refractivity contribution in [3.05, 3.63) is 41.7 Å². The highest BCUT2D eigenvalue weighted by molar-refractivity contribution is 5.59. The second-order valence-corrected chi connectivity index (χ2v) is 3.34. The topological polar surface area (TPSA) is 70.0 Å². The predicted molar refractivity (Wildman–Crippen MR) is 57.4 cm³/mol. The van der Waals surface area contributed by atoms with E-state index in [2.05, 4.69) is 11.2 Å². The molecule has 0 atom stereocenters. The molecule has 0 unspecified atom stereocenters. The number of benzene rings is 1. The molecule has 0 aliphatic rings. The lowest BCUT2D eigenvalue weighted by Crippen LogP contribution is -1.86. The lowest BCUT2D eigenvalue weighted by atomic mass is 10.1. The zero-order valence-corrected chi connectivity index (χ0v) is 8.55. The summed E-state index contributed by atoms with van der Waals surface area (Å²) >= 11 is 0. The Bertz CT molecular complexity index is 509. The molecule has 0 bridgehead atoms. The van der Waals surface area contributed by atoms with Gasteiger partial charge >= 0.3 is 0 Å². The summed E-state index contributed by atoms with van der Waals surface area (Å²) in [6, 6.07) is 10.9. The minimum absolute atomic E-state index is 0.0437. The number of rotatable bonds is 3. The standard InChI is InChI=1S/C12H10N2O2/c13-8-9-1-3-10(4-2-9)12-7-11(5-6-15)16-14-12/h1-4,7,15H,5-6H2. The number of nitrogens with zero attached hydrogens (tertiary/aromatic N) is 2. The fourth-order valence-corrected chi connectivity index (χ4v) is 1.39. The van der Waals surface area contributed by atoms with E-state index in [4.69, 9.17) is 14.9 Å². The maximum absolute atomic E-state index is 8.74. The van der Waals surface area contributed by atoms with Crippen molar-refractivity contribution in [1.29, 1.82) is 5.26 Å². The van der Waals surface area contributed by atoms with E-state index in [1.807, 2.05) is 12.1 Å². The van der Waals surface area contributed by atoms with Crippen molar-refractivity contribution in [2.75, 3.05) is 6.61 Å². The number of hydrogen-bond donors (Lipinski definition) is 1. The van der Waals surface area contributed by atoms with Crippen LogP contribution >= 0.6 is 0 Å². The molecule has 4 heteroatoms. The Morgan fingerprint density at radius 2 is 2.06 bits per heavy atom. The molecule has 1 aromatic carbocycles. The van der Waals surface area contributed by atoms with E-state index in [0.29, 0.717) is 23.4 Å². The van der Waals surface area contributed by atoms with Gasteiger partial charge in [-0.1, -0.05) is 17.3 Å². The monoisotopic (exact) mass is 214 g/mol. The van der Waals surface area contributed by atoms with Crippen LogP contribution in [0, 0.1) is 11.3 Å². The third-order valence-electron chi connectivity index (χ3n) is 2.23. The van der Waals surface area contributed by atoms with Gasteiger partial charge in [-0.05, 0) is 12.1 Å². The van der Waals surface area contributed by atoms with E-state index in [0.717, 1.165) is 5.56 Å². The second-order valence-electron chi connectivity index (χ2n) is 3.34. The molecule has 2 aromatic rings. The lowest BCUT2D eigenvalue weighted by molar-refractivity contribution is 0.277. The molecule has 0 aliphatic heterocycles. The zero-order valence-electron chi connectivity index (χ0n) is 8.55. The highest BCUT2D eigenvalue weighted by Crippen LogP contribution is 2.19. The predicted octanol–water partition coefficient (Wildman–Crippen LogP) is 1.75. The van der Waals surface area contributed by atoms with Crippen LogP contribution < -0.4 is 0 Å². The Morgan fingerprint density at radius 1 is 1.31 bits per heavy atom. The van der Waals surface area contributed by atoms with Crippen LogP contribution in [-0.2, 0) is 6.42 Å². The SMILES string of the molecule is N#Cc1ccc(-c2cc(CCO)on2)cc1. The molecule has 80 valence electrons. The van der Waals surface area contributed by atoms with Crippen molar-refractivity contribution in [2.24, 2.45) is 0 Å². The molecule has 1 aromatic heterocycles. The van der Waals surface area contributed by atoms with Crippen molar-refractivity contribution < 1.29 is 9.63 Å².